The van der Waals surface area contributed by atoms with Gasteiger partial charge in [0.15, 0.2) is 0 Å². The highest BCUT2D eigenvalue weighted by molar-refractivity contribution is 5.72. The van der Waals surface area contributed by atoms with E-state index in [0.717, 1.165) is 12.1 Å². The summed E-state index contributed by atoms with van der Waals surface area (Å²) < 4.78 is 4.60. The summed E-state index contributed by atoms with van der Waals surface area (Å²) in [5.41, 5.74) is 2.17. The molecule has 0 aliphatic carbocycles. The fourth-order valence-electron chi connectivity index (χ4n) is 1.29. The largest absolute Gasteiger partial charge is 0.469 e. The lowest BCUT2D eigenvalue weighted by Crippen LogP contribution is -2.07. The minimum Gasteiger partial charge on any atom is -0.469 e. The van der Waals surface area contributed by atoms with Gasteiger partial charge >= 0.3 is 5.97 Å². The Labute approximate surface area is 97.8 Å². The van der Waals surface area contributed by atoms with Crippen LogP contribution in [0.4, 0.5) is 0 Å². The Bertz CT molecular complexity index is 311. The van der Waals surface area contributed by atoms with Gasteiger partial charge in [0.05, 0.1) is 13.5 Å². The van der Waals surface area contributed by atoms with Crippen molar-refractivity contribution in [2.45, 2.75) is 26.8 Å². The van der Waals surface area contributed by atoms with Gasteiger partial charge in [-0.2, -0.15) is 0 Å². The van der Waals surface area contributed by atoms with Gasteiger partial charge in [0.25, 0.3) is 0 Å². The van der Waals surface area contributed by atoms with Gasteiger partial charge in [-0.25, -0.2) is 0 Å². The first kappa shape index (κ1) is 14.6. The molecule has 0 aromatic heterocycles. The van der Waals surface area contributed by atoms with Crippen molar-refractivity contribution >= 4 is 5.97 Å². The van der Waals surface area contributed by atoms with Crippen molar-refractivity contribution in [2.75, 3.05) is 14.2 Å². The number of esters is 1. The van der Waals surface area contributed by atoms with Crippen LogP contribution >= 0.6 is 0 Å². The van der Waals surface area contributed by atoms with Crippen LogP contribution in [-0.4, -0.2) is 20.1 Å². The third-order valence-electron chi connectivity index (χ3n) is 1.95. The number of carbonyl (C=O) groups excluding carboxylic acids is 1. The number of ether oxygens (including phenoxy) is 1. The molecule has 0 atom stereocenters. The summed E-state index contributed by atoms with van der Waals surface area (Å²) in [4.78, 5) is 11.0. The monoisotopic (exact) mass is 223 g/mol. The molecule has 3 heteroatoms. The Morgan fingerprint density at radius 3 is 2.50 bits per heavy atom. The summed E-state index contributed by atoms with van der Waals surface area (Å²) in [6, 6.07) is 7.91. The second-order valence-corrected chi connectivity index (χ2v) is 3.10. The zero-order valence-electron chi connectivity index (χ0n) is 10.5. The molecule has 0 fully saturated rings. The van der Waals surface area contributed by atoms with Crippen molar-refractivity contribution in [1.82, 2.24) is 5.32 Å². The van der Waals surface area contributed by atoms with Gasteiger partial charge in [0, 0.05) is 6.54 Å². The summed E-state index contributed by atoms with van der Waals surface area (Å²) in [5, 5.41) is 3.06. The third-order valence-corrected chi connectivity index (χ3v) is 1.95. The Morgan fingerprint density at radius 2 is 1.94 bits per heavy atom. The Kier molecular flexibility index (Phi) is 8.17. The number of rotatable bonds is 4. The van der Waals surface area contributed by atoms with Crippen molar-refractivity contribution in [3.63, 3.8) is 0 Å². The minimum absolute atomic E-state index is 0.202. The average molecular weight is 223 g/mol. The molecule has 16 heavy (non-hydrogen) atoms. The third kappa shape index (κ3) is 5.51. The van der Waals surface area contributed by atoms with Crippen molar-refractivity contribution < 1.29 is 9.53 Å². The lowest BCUT2D eigenvalue weighted by molar-refractivity contribution is -0.139. The molecule has 0 spiro atoms. The van der Waals surface area contributed by atoms with Crippen molar-refractivity contribution in [3.05, 3.63) is 35.4 Å². The quantitative estimate of drug-likeness (QED) is 0.795. The highest BCUT2D eigenvalue weighted by atomic mass is 16.5. The molecule has 1 N–H and O–H groups in total. The Balaban J connectivity index is 0.00000106. The van der Waals surface area contributed by atoms with E-state index >= 15 is 0 Å². The van der Waals surface area contributed by atoms with Gasteiger partial charge in [-0.1, -0.05) is 38.1 Å². The predicted octanol–water partition coefficient (Wildman–Crippen LogP) is 2.15. The second kappa shape index (κ2) is 8.92. The molecule has 0 saturated heterocycles. The molecular weight excluding hydrogens is 202 g/mol. The van der Waals surface area contributed by atoms with Gasteiger partial charge in [-0.05, 0) is 18.2 Å². The number of hydrogen-bond acceptors (Lipinski definition) is 3. The zero-order chi connectivity index (χ0) is 12.4. The van der Waals surface area contributed by atoms with Crippen molar-refractivity contribution in [3.8, 4) is 0 Å². The van der Waals surface area contributed by atoms with Gasteiger partial charge in [-0.15, -0.1) is 0 Å². The lowest BCUT2D eigenvalue weighted by Gasteiger charge is -2.03. The van der Waals surface area contributed by atoms with Crippen LogP contribution in [0.5, 0.6) is 0 Å². The Hall–Kier alpha value is -1.35. The van der Waals surface area contributed by atoms with E-state index in [1.807, 2.05) is 45.2 Å². The number of hydrogen-bond donors (Lipinski definition) is 1. The van der Waals surface area contributed by atoms with Crippen LogP contribution in [-0.2, 0) is 22.5 Å². The van der Waals surface area contributed by atoms with E-state index in [-0.39, 0.29) is 5.97 Å². The zero-order valence-corrected chi connectivity index (χ0v) is 10.5. The SMILES string of the molecule is CC.CNCc1cccc(CC(=O)OC)c1. The number of nitrogens with one attached hydrogen (secondary N) is 1. The maximum atomic E-state index is 11.0. The number of benzene rings is 1. The summed E-state index contributed by atoms with van der Waals surface area (Å²) in [7, 11) is 3.30. The summed E-state index contributed by atoms with van der Waals surface area (Å²) in [6.45, 7) is 4.81. The van der Waals surface area contributed by atoms with Crippen LogP contribution < -0.4 is 5.32 Å². The molecule has 0 radical (unpaired) electrons. The van der Waals surface area contributed by atoms with Crippen LogP contribution in [0, 0.1) is 0 Å². The summed E-state index contributed by atoms with van der Waals surface area (Å²) in [5.74, 6) is -0.202. The first-order valence-electron chi connectivity index (χ1n) is 5.55. The lowest BCUT2D eigenvalue weighted by atomic mass is 10.1. The van der Waals surface area contributed by atoms with E-state index in [0.29, 0.717) is 6.42 Å². The van der Waals surface area contributed by atoms with Gasteiger partial charge < -0.3 is 10.1 Å². The Morgan fingerprint density at radius 1 is 1.31 bits per heavy atom. The molecular formula is C13H21NO2. The van der Waals surface area contributed by atoms with E-state index in [2.05, 4.69) is 10.1 Å². The molecule has 0 aliphatic heterocycles. The van der Waals surface area contributed by atoms with Gasteiger partial charge in [-0.3, -0.25) is 4.79 Å². The van der Waals surface area contributed by atoms with E-state index in [4.69, 9.17) is 0 Å². The fraction of sp³-hybridized carbons (Fsp3) is 0.462. The van der Waals surface area contributed by atoms with Crippen molar-refractivity contribution in [1.29, 1.82) is 0 Å². The molecule has 90 valence electrons. The maximum absolute atomic E-state index is 11.0. The summed E-state index contributed by atoms with van der Waals surface area (Å²) in [6.07, 6.45) is 0.341. The molecule has 3 nitrogen and oxygen atoms in total. The van der Waals surface area contributed by atoms with E-state index in [1.54, 1.807) is 0 Å². The molecule has 0 unspecified atom stereocenters. The molecule has 1 aromatic rings. The fourth-order valence-corrected chi connectivity index (χ4v) is 1.29. The summed E-state index contributed by atoms with van der Waals surface area (Å²) >= 11 is 0. The van der Waals surface area contributed by atoms with Gasteiger partial charge in [0.1, 0.15) is 0 Å². The second-order valence-electron chi connectivity index (χ2n) is 3.10. The predicted molar refractivity (Wildman–Crippen MR) is 66.3 cm³/mol. The highest BCUT2D eigenvalue weighted by Gasteiger charge is 2.02. The molecule has 1 rings (SSSR count). The van der Waals surface area contributed by atoms with Crippen LogP contribution in [0.25, 0.3) is 0 Å². The van der Waals surface area contributed by atoms with Gasteiger partial charge in [0.2, 0.25) is 0 Å². The minimum atomic E-state index is -0.202. The topological polar surface area (TPSA) is 38.3 Å². The molecule has 1 aromatic carbocycles. The highest BCUT2D eigenvalue weighted by Crippen LogP contribution is 2.06. The molecule has 0 bridgehead atoms. The van der Waals surface area contributed by atoms with E-state index in [1.165, 1.54) is 12.7 Å². The first-order chi connectivity index (χ1) is 7.76. The maximum Gasteiger partial charge on any atom is 0.309 e. The van der Waals surface area contributed by atoms with Crippen LogP contribution in [0.3, 0.4) is 0 Å². The average Bonchev–Trinajstić information content (AvgIpc) is 2.32. The van der Waals surface area contributed by atoms with Crippen molar-refractivity contribution in [2.24, 2.45) is 0 Å². The first-order valence-corrected chi connectivity index (χ1v) is 5.55. The molecule has 0 saturated carbocycles. The van der Waals surface area contributed by atoms with Crippen LogP contribution in [0.2, 0.25) is 0 Å². The standard InChI is InChI=1S/C11H15NO2.C2H6/c1-12-8-10-5-3-4-9(6-10)7-11(13)14-2;1-2/h3-6,12H,7-8H2,1-2H3;1-2H3. The van der Waals surface area contributed by atoms with E-state index < -0.39 is 0 Å². The van der Waals surface area contributed by atoms with Crippen LogP contribution in [0.1, 0.15) is 25.0 Å². The normalized spacial score (nSPS) is 9.00. The molecule has 0 amide bonds. The molecule has 0 heterocycles. The van der Waals surface area contributed by atoms with E-state index in [9.17, 15) is 4.79 Å². The number of methoxy groups -OCH3 is 1. The van der Waals surface area contributed by atoms with Crippen LogP contribution in [0.15, 0.2) is 24.3 Å². The number of carbonyl (C=O) groups is 1. The molecule has 0 aliphatic rings. The smallest absolute Gasteiger partial charge is 0.309 e.